The van der Waals surface area contributed by atoms with Gasteiger partial charge in [-0.1, -0.05) is 30.3 Å². The lowest BCUT2D eigenvalue weighted by molar-refractivity contribution is -0.606. The van der Waals surface area contributed by atoms with E-state index >= 15 is 0 Å². The molecule has 3 nitrogen and oxygen atoms in total. The minimum absolute atomic E-state index is 0. The van der Waals surface area contributed by atoms with Crippen molar-refractivity contribution in [2.45, 2.75) is 32.6 Å². The summed E-state index contributed by atoms with van der Waals surface area (Å²) < 4.78 is 2.39. The van der Waals surface area contributed by atoms with E-state index in [1.54, 1.807) is 0 Å². The molecule has 0 spiro atoms. The predicted molar refractivity (Wildman–Crippen MR) is 121 cm³/mol. The van der Waals surface area contributed by atoms with Gasteiger partial charge in [0, 0.05) is 50.0 Å². The van der Waals surface area contributed by atoms with Gasteiger partial charge >= 0.3 is 0 Å². The van der Waals surface area contributed by atoms with Crippen LogP contribution in [0.4, 0.5) is 5.69 Å². The molecule has 0 saturated heterocycles. The van der Waals surface area contributed by atoms with Crippen molar-refractivity contribution in [3.8, 4) is 22.9 Å². The monoisotopic (exact) mass is 404 g/mol. The van der Waals surface area contributed by atoms with Crippen molar-refractivity contribution in [3.63, 3.8) is 0 Å². The summed E-state index contributed by atoms with van der Waals surface area (Å²) >= 11 is 0. The Kier molecular flexibility index (Phi) is 5.68. The van der Waals surface area contributed by atoms with E-state index in [-0.39, 0.29) is 17.8 Å². The van der Waals surface area contributed by atoms with Crippen LogP contribution in [0.25, 0.3) is 16.8 Å². The highest BCUT2D eigenvalue weighted by Gasteiger charge is 2.44. The third kappa shape index (κ3) is 3.50. The highest BCUT2D eigenvalue weighted by molar-refractivity contribution is 5.85. The fourth-order valence-corrected chi connectivity index (χ4v) is 4.27. The molecular formula is C25H27ClN3+. The third-order valence-electron chi connectivity index (χ3n) is 5.91. The standard InChI is InChI=1S/C25H26N3.ClH/c1-18-16-20(19-10-12-21(13-11-19)27(4)15-7-14-26)17-24-25(2,3)22-8-5-6-9-23(22)28(18)24;/h5-6,8-13,16-17H,7,15H2,1-4H3;1H/q+1;. The molecule has 0 unspecified atom stereocenters. The summed E-state index contributed by atoms with van der Waals surface area (Å²) in [7, 11) is 2.03. The summed E-state index contributed by atoms with van der Waals surface area (Å²) in [6.45, 7) is 7.55. The number of hydrogen-bond acceptors (Lipinski definition) is 2. The van der Waals surface area contributed by atoms with E-state index in [0.717, 1.165) is 12.2 Å². The molecule has 0 aliphatic carbocycles. The Balaban J connectivity index is 0.00000240. The van der Waals surface area contributed by atoms with Crippen molar-refractivity contribution in [1.82, 2.24) is 0 Å². The maximum absolute atomic E-state index is 8.79. The molecule has 2 aromatic carbocycles. The number of pyridine rings is 1. The molecule has 0 N–H and O–H groups in total. The first-order valence-electron chi connectivity index (χ1n) is 9.79. The zero-order chi connectivity index (χ0) is 19.9. The second-order valence-corrected chi connectivity index (χ2v) is 8.12. The van der Waals surface area contributed by atoms with Gasteiger partial charge in [-0.25, -0.2) is 0 Å². The highest BCUT2D eigenvalue weighted by atomic mass is 35.5. The van der Waals surface area contributed by atoms with Crippen LogP contribution in [0.2, 0.25) is 0 Å². The average Bonchev–Trinajstić information content (AvgIpc) is 2.94. The van der Waals surface area contributed by atoms with Gasteiger partial charge < -0.3 is 4.90 Å². The van der Waals surface area contributed by atoms with Crippen LogP contribution in [0, 0.1) is 18.3 Å². The minimum Gasteiger partial charge on any atom is -0.374 e. The number of nitrogens with zero attached hydrogens (tertiary/aromatic N) is 3. The number of aromatic nitrogens is 1. The minimum atomic E-state index is -0.0190. The van der Waals surface area contributed by atoms with Crippen LogP contribution < -0.4 is 9.47 Å². The van der Waals surface area contributed by atoms with Gasteiger partial charge in [-0.15, -0.1) is 12.4 Å². The van der Waals surface area contributed by atoms with Crippen molar-refractivity contribution >= 4 is 18.1 Å². The van der Waals surface area contributed by atoms with Crippen LogP contribution in [-0.4, -0.2) is 13.6 Å². The molecule has 148 valence electrons. The molecule has 0 radical (unpaired) electrons. The molecule has 1 aliphatic heterocycles. The lowest BCUT2D eigenvalue weighted by atomic mass is 9.82. The molecule has 0 fully saturated rings. The average molecular weight is 405 g/mol. The number of anilines is 1. The zero-order valence-electron chi connectivity index (χ0n) is 17.4. The summed E-state index contributed by atoms with van der Waals surface area (Å²) in [6.07, 6.45) is 0.537. The molecule has 4 rings (SSSR count). The number of benzene rings is 2. The van der Waals surface area contributed by atoms with E-state index in [2.05, 4.69) is 97.0 Å². The Labute approximate surface area is 179 Å². The van der Waals surface area contributed by atoms with Gasteiger partial charge in [0.1, 0.15) is 0 Å². The van der Waals surface area contributed by atoms with Gasteiger partial charge in [-0.05, 0) is 37.1 Å². The number of nitriles is 1. The van der Waals surface area contributed by atoms with Crippen LogP contribution in [-0.2, 0) is 5.41 Å². The molecule has 4 heteroatoms. The Hall–Kier alpha value is -2.83. The van der Waals surface area contributed by atoms with Crippen LogP contribution in [0.5, 0.6) is 0 Å². The van der Waals surface area contributed by atoms with Crippen LogP contribution in [0.15, 0.2) is 60.7 Å². The van der Waals surface area contributed by atoms with Crippen molar-refractivity contribution in [1.29, 1.82) is 5.26 Å². The lowest BCUT2D eigenvalue weighted by Gasteiger charge is -2.18. The molecular weight excluding hydrogens is 378 g/mol. The van der Waals surface area contributed by atoms with Crippen molar-refractivity contribution in [2.24, 2.45) is 0 Å². The van der Waals surface area contributed by atoms with E-state index in [1.807, 2.05) is 7.05 Å². The molecule has 0 amide bonds. The number of aryl methyl sites for hydroxylation is 1. The quantitative estimate of drug-likeness (QED) is 0.549. The first-order chi connectivity index (χ1) is 13.4. The van der Waals surface area contributed by atoms with E-state index in [1.165, 1.54) is 33.8 Å². The van der Waals surface area contributed by atoms with Gasteiger partial charge in [0.15, 0.2) is 11.4 Å². The van der Waals surface area contributed by atoms with Gasteiger partial charge in [-0.3, -0.25) is 0 Å². The van der Waals surface area contributed by atoms with Gasteiger partial charge in [0.2, 0.25) is 5.69 Å². The number of hydrogen-bond donors (Lipinski definition) is 0. The fraction of sp³-hybridized carbons (Fsp3) is 0.280. The molecule has 1 aromatic heterocycles. The molecule has 0 saturated carbocycles. The van der Waals surface area contributed by atoms with E-state index in [4.69, 9.17) is 5.26 Å². The molecule has 0 bridgehead atoms. The maximum atomic E-state index is 8.79. The predicted octanol–water partition coefficient (Wildman–Crippen LogP) is 5.35. The smallest absolute Gasteiger partial charge is 0.215 e. The summed E-state index contributed by atoms with van der Waals surface area (Å²) in [5.74, 6) is 0. The SMILES string of the molecule is Cc1cc(-c2ccc(N(C)CCC#N)cc2)cc2[n+]1-c1ccccc1C2(C)C.Cl. The first kappa shape index (κ1) is 20.9. The fourth-order valence-electron chi connectivity index (χ4n) is 4.27. The summed E-state index contributed by atoms with van der Waals surface area (Å²) in [6, 6.07) is 24.2. The van der Waals surface area contributed by atoms with Gasteiger partial charge in [-0.2, -0.15) is 9.83 Å². The van der Waals surface area contributed by atoms with E-state index < -0.39 is 0 Å². The lowest BCUT2D eigenvalue weighted by Crippen LogP contribution is -2.37. The Bertz CT molecular complexity index is 1080. The van der Waals surface area contributed by atoms with E-state index in [0.29, 0.717) is 6.42 Å². The second-order valence-electron chi connectivity index (χ2n) is 8.12. The Morgan fingerprint density at radius 3 is 2.38 bits per heavy atom. The largest absolute Gasteiger partial charge is 0.374 e. The van der Waals surface area contributed by atoms with Crippen LogP contribution >= 0.6 is 12.4 Å². The molecule has 3 aromatic rings. The van der Waals surface area contributed by atoms with E-state index in [9.17, 15) is 0 Å². The Morgan fingerprint density at radius 2 is 1.69 bits per heavy atom. The number of fused-ring (bicyclic) bond motifs is 3. The third-order valence-corrected chi connectivity index (χ3v) is 5.91. The van der Waals surface area contributed by atoms with Gasteiger partial charge in [0.05, 0.1) is 17.9 Å². The van der Waals surface area contributed by atoms with Crippen LogP contribution in [0.3, 0.4) is 0 Å². The maximum Gasteiger partial charge on any atom is 0.215 e. The number of para-hydroxylation sites is 1. The Morgan fingerprint density at radius 1 is 1.00 bits per heavy atom. The first-order valence-corrected chi connectivity index (χ1v) is 9.79. The van der Waals surface area contributed by atoms with Crippen LogP contribution in [0.1, 0.15) is 37.2 Å². The molecule has 1 aliphatic rings. The van der Waals surface area contributed by atoms with Crippen molar-refractivity contribution in [3.05, 3.63) is 77.6 Å². The summed E-state index contributed by atoms with van der Waals surface area (Å²) in [5, 5.41) is 8.79. The van der Waals surface area contributed by atoms with Crippen molar-refractivity contribution in [2.75, 3.05) is 18.5 Å². The summed E-state index contributed by atoms with van der Waals surface area (Å²) in [4.78, 5) is 2.12. The normalized spacial score (nSPS) is 13.1. The highest BCUT2D eigenvalue weighted by Crippen LogP contribution is 2.39. The van der Waals surface area contributed by atoms with Gasteiger partial charge in [0.25, 0.3) is 0 Å². The molecule has 0 atom stereocenters. The van der Waals surface area contributed by atoms with Crippen molar-refractivity contribution < 1.29 is 4.57 Å². The number of rotatable bonds is 4. The number of halogens is 1. The second kappa shape index (κ2) is 7.89. The zero-order valence-corrected chi connectivity index (χ0v) is 18.3. The molecule has 29 heavy (non-hydrogen) atoms. The topological polar surface area (TPSA) is 30.9 Å². The summed E-state index contributed by atoms with van der Waals surface area (Å²) in [5.41, 5.74) is 8.84. The molecule has 2 heterocycles.